The van der Waals surface area contributed by atoms with Gasteiger partial charge in [-0.1, -0.05) is 0 Å². The molecule has 0 spiro atoms. The predicted octanol–water partition coefficient (Wildman–Crippen LogP) is 1.14. The second-order valence-electron chi connectivity index (χ2n) is 4.55. The minimum Gasteiger partial charge on any atom is -0.346 e. The van der Waals surface area contributed by atoms with Crippen molar-refractivity contribution in [3.63, 3.8) is 0 Å². The van der Waals surface area contributed by atoms with Gasteiger partial charge in [0.2, 0.25) is 0 Å². The monoisotopic (exact) mass is 337 g/mol. The van der Waals surface area contributed by atoms with Gasteiger partial charge in [0.25, 0.3) is 11.5 Å². The number of aromatic nitrogens is 2. The molecule has 1 aromatic heterocycles. The number of carbonyl (C=O) groups is 1. The van der Waals surface area contributed by atoms with Gasteiger partial charge in [0, 0.05) is 5.56 Å². The van der Waals surface area contributed by atoms with Crippen LogP contribution < -0.4 is 16.6 Å². The number of halogens is 5. The summed E-state index contributed by atoms with van der Waals surface area (Å²) >= 11 is 0. The number of amides is 1. The topological polar surface area (TPSA) is 94.8 Å². The highest BCUT2D eigenvalue weighted by molar-refractivity contribution is 5.97. The molecule has 1 aromatic carbocycles. The lowest BCUT2D eigenvalue weighted by Gasteiger charge is -2.19. The number of aromatic amines is 2. The van der Waals surface area contributed by atoms with E-state index in [9.17, 15) is 36.3 Å². The molecule has 6 nitrogen and oxygen atoms in total. The molecule has 124 valence electrons. The summed E-state index contributed by atoms with van der Waals surface area (Å²) in [6.07, 6.45) is -5.79. The highest BCUT2D eigenvalue weighted by Crippen LogP contribution is 2.34. The van der Waals surface area contributed by atoms with Crippen LogP contribution in [0.5, 0.6) is 0 Å². The van der Waals surface area contributed by atoms with Gasteiger partial charge < -0.3 is 10.3 Å². The maximum atomic E-state index is 12.7. The van der Waals surface area contributed by atoms with E-state index in [-0.39, 0.29) is 16.5 Å². The van der Waals surface area contributed by atoms with Crippen LogP contribution in [-0.4, -0.2) is 34.5 Å². The molecule has 0 aliphatic carbocycles. The third-order valence-corrected chi connectivity index (χ3v) is 2.89. The third kappa shape index (κ3) is 3.38. The lowest BCUT2D eigenvalue weighted by molar-refractivity contribution is -0.278. The van der Waals surface area contributed by atoms with Crippen LogP contribution in [-0.2, 0) is 0 Å². The Bertz CT molecular complexity index is 869. The van der Waals surface area contributed by atoms with Gasteiger partial charge in [-0.3, -0.25) is 14.6 Å². The van der Waals surface area contributed by atoms with Gasteiger partial charge in [0.1, 0.15) is 0 Å². The Balaban J connectivity index is 2.26. The minimum atomic E-state index is -5.79. The number of benzene rings is 1. The second-order valence-corrected chi connectivity index (χ2v) is 4.55. The molecule has 0 bridgehead atoms. The van der Waals surface area contributed by atoms with E-state index in [0.29, 0.717) is 0 Å². The van der Waals surface area contributed by atoms with Crippen LogP contribution in [0.3, 0.4) is 0 Å². The third-order valence-electron chi connectivity index (χ3n) is 2.89. The van der Waals surface area contributed by atoms with Gasteiger partial charge in [-0.05, 0) is 18.2 Å². The summed E-state index contributed by atoms with van der Waals surface area (Å²) in [7, 11) is 0. The van der Waals surface area contributed by atoms with Gasteiger partial charge >= 0.3 is 17.8 Å². The summed E-state index contributed by atoms with van der Waals surface area (Å²) in [6.45, 7) is -1.94. The number of H-pyrrole nitrogens is 2. The number of alkyl halides is 5. The minimum absolute atomic E-state index is 0.0796. The molecular formula is C12H8F5N3O3. The van der Waals surface area contributed by atoms with Crippen molar-refractivity contribution in [2.75, 3.05) is 6.54 Å². The molecule has 0 aliphatic heterocycles. The molecule has 0 aliphatic rings. The average molecular weight is 337 g/mol. The lowest BCUT2D eigenvalue weighted by atomic mass is 10.1. The average Bonchev–Trinajstić information content (AvgIpc) is 2.43. The largest absolute Gasteiger partial charge is 0.455 e. The first-order valence-corrected chi connectivity index (χ1v) is 6.00. The first-order valence-electron chi connectivity index (χ1n) is 6.00. The van der Waals surface area contributed by atoms with E-state index in [1.165, 1.54) is 5.32 Å². The SMILES string of the molecule is O=C(NCC(F)(F)C(F)(F)F)c1ccc2[nH]c(=O)[nH]c(=O)c2c1. The molecule has 2 rings (SSSR count). The van der Waals surface area contributed by atoms with Crippen molar-refractivity contribution in [2.24, 2.45) is 0 Å². The highest BCUT2D eigenvalue weighted by atomic mass is 19.4. The molecule has 0 saturated heterocycles. The van der Waals surface area contributed by atoms with Crippen molar-refractivity contribution in [2.45, 2.75) is 12.1 Å². The maximum absolute atomic E-state index is 12.7. The first kappa shape index (κ1) is 16.6. The van der Waals surface area contributed by atoms with Gasteiger partial charge in [0.15, 0.2) is 0 Å². The van der Waals surface area contributed by atoms with E-state index in [1.807, 2.05) is 4.98 Å². The molecule has 3 N–H and O–H groups in total. The second kappa shape index (κ2) is 5.48. The van der Waals surface area contributed by atoms with E-state index in [4.69, 9.17) is 0 Å². The Kier molecular flexibility index (Phi) is 3.97. The Morgan fingerprint density at radius 2 is 1.74 bits per heavy atom. The van der Waals surface area contributed by atoms with Crippen molar-refractivity contribution in [3.05, 3.63) is 44.6 Å². The standard InChI is InChI=1S/C12H8F5N3O3/c13-11(14,12(15,16)17)4-18-8(21)5-1-2-7-6(3-5)9(22)20-10(23)19-7/h1-3H,4H2,(H,18,21)(H2,19,20,22,23). The van der Waals surface area contributed by atoms with Crippen molar-refractivity contribution in [1.29, 1.82) is 0 Å². The fourth-order valence-corrected chi connectivity index (χ4v) is 1.70. The highest BCUT2D eigenvalue weighted by Gasteiger charge is 2.57. The zero-order valence-electron chi connectivity index (χ0n) is 11.1. The van der Waals surface area contributed by atoms with E-state index >= 15 is 0 Å². The Morgan fingerprint density at radius 3 is 2.35 bits per heavy atom. The number of fused-ring (bicyclic) bond motifs is 1. The van der Waals surface area contributed by atoms with E-state index in [2.05, 4.69) is 4.98 Å². The first-order chi connectivity index (χ1) is 10.5. The summed E-state index contributed by atoms with van der Waals surface area (Å²) in [5.41, 5.74) is -1.85. The fraction of sp³-hybridized carbons (Fsp3) is 0.250. The van der Waals surface area contributed by atoms with Crippen molar-refractivity contribution < 1.29 is 26.7 Å². The van der Waals surface area contributed by atoms with Crippen molar-refractivity contribution >= 4 is 16.8 Å². The van der Waals surface area contributed by atoms with Crippen molar-refractivity contribution in [3.8, 4) is 0 Å². The number of hydrogen-bond donors (Lipinski definition) is 3. The van der Waals surface area contributed by atoms with Crippen LogP contribution in [0.1, 0.15) is 10.4 Å². The van der Waals surface area contributed by atoms with Crippen LogP contribution in [0.4, 0.5) is 22.0 Å². The predicted molar refractivity (Wildman–Crippen MR) is 68.5 cm³/mol. The molecule has 0 saturated carbocycles. The summed E-state index contributed by atoms with van der Waals surface area (Å²) in [5, 5.41) is 1.32. The lowest BCUT2D eigenvalue weighted by Crippen LogP contribution is -2.46. The number of rotatable bonds is 3. The molecule has 0 radical (unpaired) electrons. The normalized spacial score (nSPS) is 12.4. The molecule has 11 heteroatoms. The molecule has 0 fully saturated rings. The Hall–Kier alpha value is -2.72. The smallest absolute Gasteiger partial charge is 0.346 e. The van der Waals surface area contributed by atoms with Gasteiger partial charge in [0.05, 0.1) is 17.4 Å². The Labute approximate surface area is 123 Å². The summed E-state index contributed by atoms with van der Waals surface area (Å²) in [4.78, 5) is 38.4. The molecule has 1 amide bonds. The van der Waals surface area contributed by atoms with Gasteiger partial charge in [-0.15, -0.1) is 0 Å². The fourth-order valence-electron chi connectivity index (χ4n) is 1.70. The molecular weight excluding hydrogens is 329 g/mol. The van der Waals surface area contributed by atoms with Crippen LogP contribution in [0.2, 0.25) is 0 Å². The maximum Gasteiger partial charge on any atom is 0.455 e. The molecule has 2 aromatic rings. The van der Waals surface area contributed by atoms with E-state index < -0.39 is 35.8 Å². The van der Waals surface area contributed by atoms with Gasteiger partial charge in [-0.25, -0.2) is 4.79 Å². The van der Waals surface area contributed by atoms with Crippen LogP contribution in [0.15, 0.2) is 27.8 Å². The van der Waals surface area contributed by atoms with Gasteiger partial charge in [-0.2, -0.15) is 22.0 Å². The number of carbonyl (C=O) groups excluding carboxylic acids is 1. The van der Waals surface area contributed by atoms with Crippen molar-refractivity contribution in [1.82, 2.24) is 15.3 Å². The molecule has 0 unspecified atom stereocenters. The van der Waals surface area contributed by atoms with Crippen LogP contribution >= 0.6 is 0 Å². The molecule has 23 heavy (non-hydrogen) atoms. The number of hydrogen-bond acceptors (Lipinski definition) is 3. The summed E-state index contributed by atoms with van der Waals surface area (Å²) < 4.78 is 61.5. The van der Waals surface area contributed by atoms with E-state index in [1.54, 1.807) is 0 Å². The molecule has 0 atom stereocenters. The zero-order valence-corrected chi connectivity index (χ0v) is 11.1. The number of nitrogens with one attached hydrogen (secondary N) is 3. The molecule has 1 heterocycles. The Morgan fingerprint density at radius 1 is 1.09 bits per heavy atom. The quantitative estimate of drug-likeness (QED) is 0.733. The van der Waals surface area contributed by atoms with Crippen LogP contribution in [0.25, 0.3) is 10.9 Å². The van der Waals surface area contributed by atoms with Crippen LogP contribution in [0, 0.1) is 0 Å². The summed E-state index contributed by atoms with van der Waals surface area (Å²) in [5.74, 6) is -6.30. The zero-order chi connectivity index (χ0) is 17.4. The summed E-state index contributed by atoms with van der Waals surface area (Å²) in [6, 6.07) is 3.19. The van der Waals surface area contributed by atoms with E-state index in [0.717, 1.165) is 18.2 Å².